The average molecular weight is 406 g/mol. The number of aromatic hydroxyl groups is 2. The minimum atomic E-state index is -0.148. The van der Waals surface area contributed by atoms with Crippen molar-refractivity contribution >= 4 is 24.0 Å². The lowest BCUT2D eigenvalue weighted by Crippen LogP contribution is -2.48. The Kier molecular flexibility index (Phi) is 6.57. The Bertz CT molecular complexity index is 938. The van der Waals surface area contributed by atoms with Crippen LogP contribution < -0.4 is 0 Å². The predicted octanol–water partition coefficient (Wildman–Crippen LogP) is 3.91. The lowest BCUT2D eigenvalue weighted by atomic mass is 9.94. The molecule has 2 amide bonds. The summed E-state index contributed by atoms with van der Waals surface area (Å²) in [5.41, 5.74) is 2.32. The Morgan fingerprint density at radius 3 is 1.80 bits per heavy atom. The van der Waals surface area contributed by atoms with E-state index in [-0.39, 0.29) is 36.4 Å². The second-order valence-electron chi connectivity index (χ2n) is 7.17. The molecule has 1 aliphatic rings. The molecule has 1 heterocycles. The first-order valence-corrected chi connectivity index (χ1v) is 9.99. The number of carbonyl (C=O) groups is 2. The van der Waals surface area contributed by atoms with Crippen molar-refractivity contribution in [2.24, 2.45) is 0 Å². The van der Waals surface area contributed by atoms with Crippen LogP contribution in [0.2, 0.25) is 0 Å². The standard InChI is InChI=1S/C24H26N2O4/c1-3-25(4-2)24(30)26-15-19(11-17-7-5-9-21(27)13-17)23(29)20(16-26)12-18-8-6-10-22(28)14-18/h5-14,27-28H,3-4,15-16H2,1-2H3. The molecule has 2 aromatic carbocycles. The highest BCUT2D eigenvalue weighted by atomic mass is 16.3. The van der Waals surface area contributed by atoms with Gasteiger partial charge in [0.1, 0.15) is 11.5 Å². The molecule has 2 N–H and O–H groups in total. The number of ketones is 1. The van der Waals surface area contributed by atoms with E-state index in [1.807, 2.05) is 13.8 Å². The van der Waals surface area contributed by atoms with Crippen LogP contribution in [0.4, 0.5) is 4.79 Å². The maximum Gasteiger partial charge on any atom is 0.320 e. The molecule has 0 radical (unpaired) electrons. The van der Waals surface area contributed by atoms with Crippen LogP contribution in [0.25, 0.3) is 12.2 Å². The van der Waals surface area contributed by atoms with Crippen LogP contribution in [-0.2, 0) is 4.79 Å². The summed E-state index contributed by atoms with van der Waals surface area (Å²) < 4.78 is 0. The zero-order valence-electron chi connectivity index (χ0n) is 17.2. The Hall–Kier alpha value is -3.54. The molecule has 30 heavy (non-hydrogen) atoms. The summed E-state index contributed by atoms with van der Waals surface area (Å²) in [6.45, 7) is 5.39. The molecule has 1 saturated heterocycles. The first kappa shape index (κ1) is 21.2. The molecular weight excluding hydrogens is 380 g/mol. The first-order valence-electron chi connectivity index (χ1n) is 9.99. The zero-order valence-corrected chi connectivity index (χ0v) is 17.2. The molecule has 1 fully saturated rings. The highest BCUT2D eigenvalue weighted by molar-refractivity contribution is 6.15. The van der Waals surface area contributed by atoms with Gasteiger partial charge in [0.15, 0.2) is 5.78 Å². The van der Waals surface area contributed by atoms with Crippen molar-refractivity contribution in [3.63, 3.8) is 0 Å². The van der Waals surface area contributed by atoms with Crippen LogP contribution in [-0.4, -0.2) is 58.0 Å². The number of rotatable bonds is 4. The molecule has 6 nitrogen and oxygen atoms in total. The highest BCUT2D eigenvalue weighted by Crippen LogP contribution is 2.25. The van der Waals surface area contributed by atoms with Crippen LogP contribution in [0.5, 0.6) is 11.5 Å². The number of phenolic OH excluding ortho intramolecular Hbond substituents is 2. The fraction of sp³-hybridized carbons (Fsp3) is 0.250. The molecular formula is C24H26N2O4. The van der Waals surface area contributed by atoms with E-state index in [0.717, 1.165) is 0 Å². The summed E-state index contributed by atoms with van der Waals surface area (Å²) in [6.07, 6.45) is 3.42. The highest BCUT2D eigenvalue weighted by Gasteiger charge is 2.30. The summed E-state index contributed by atoms with van der Waals surface area (Å²) in [5, 5.41) is 19.5. The van der Waals surface area contributed by atoms with Crippen molar-refractivity contribution in [2.75, 3.05) is 26.2 Å². The fourth-order valence-corrected chi connectivity index (χ4v) is 3.50. The summed E-state index contributed by atoms with van der Waals surface area (Å²) in [4.78, 5) is 29.5. The molecule has 3 rings (SSSR count). The molecule has 1 aliphatic heterocycles. The number of nitrogens with zero attached hydrogens (tertiary/aromatic N) is 2. The normalized spacial score (nSPS) is 16.9. The van der Waals surface area contributed by atoms with Crippen LogP contribution in [0.15, 0.2) is 59.7 Å². The smallest absolute Gasteiger partial charge is 0.320 e. The van der Waals surface area contributed by atoms with E-state index in [2.05, 4.69) is 0 Å². The molecule has 0 aromatic heterocycles. The van der Waals surface area contributed by atoms with Crippen molar-refractivity contribution in [3.05, 3.63) is 70.8 Å². The minimum Gasteiger partial charge on any atom is -0.508 e. The number of benzene rings is 2. The van der Waals surface area contributed by atoms with E-state index in [0.29, 0.717) is 35.4 Å². The number of urea groups is 1. The summed E-state index contributed by atoms with van der Waals surface area (Å²) in [7, 11) is 0. The second-order valence-corrected chi connectivity index (χ2v) is 7.17. The Balaban J connectivity index is 2.01. The van der Waals surface area contributed by atoms with E-state index in [1.165, 1.54) is 0 Å². The molecule has 2 aromatic rings. The van der Waals surface area contributed by atoms with Gasteiger partial charge in [-0.05, 0) is 61.4 Å². The maximum absolute atomic E-state index is 13.2. The molecule has 0 atom stereocenters. The van der Waals surface area contributed by atoms with Crippen molar-refractivity contribution in [2.45, 2.75) is 13.8 Å². The van der Waals surface area contributed by atoms with Gasteiger partial charge in [-0.1, -0.05) is 24.3 Å². The van der Waals surface area contributed by atoms with Crippen LogP contribution in [0.3, 0.4) is 0 Å². The summed E-state index contributed by atoms with van der Waals surface area (Å²) >= 11 is 0. The number of carbonyl (C=O) groups excluding carboxylic acids is 2. The van der Waals surface area contributed by atoms with E-state index >= 15 is 0 Å². The van der Waals surface area contributed by atoms with E-state index < -0.39 is 0 Å². The summed E-state index contributed by atoms with van der Waals surface area (Å²) in [6, 6.07) is 13.1. The van der Waals surface area contributed by atoms with Gasteiger partial charge in [-0.2, -0.15) is 0 Å². The molecule has 156 valence electrons. The molecule has 0 unspecified atom stereocenters. The van der Waals surface area contributed by atoms with Gasteiger partial charge in [-0.3, -0.25) is 4.79 Å². The maximum atomic E-state index is 13.2. The van der Waals surface area contributed by atoms with Gasteiger partial charge in [-0.15, -0.1) is 0 Å². The molecule has 0 aliphatic carbocycles. The number of piperidine rings is 1. The van der Waals surface area contributed by atoms with Crippen molar-refractivity contribution in [3.8, 4) is 11.5 Å². The van der Waals surface area contributed by atoms with Crippen LogP contribution in [0.1, 0.15) is 25.0 Å². The Morgan fingerprint density at radius 1 is 0.933 bits per heavy atom. The minimum absolute atomic E-state index is 0.110. The third-order valence-electron chi connectivity index (χ3n) is 5.03. The topological polar surface area (TPSA) is 81.1 Å². The molecule has 0 saturated carbocycles. The van der Waals surface area contributed by atoms with Gasteiger partial charge < -0.3 is 20.0 Å². The van der Waals surface area contributed by atoms with Gasteiger partial charge in [0.2, 0.25) is 0 Å². The van der Waals surface area contributed by atoms with Gasteiger partial charge in [0.25, 0.3) is 0 Å². The number of hydrogen-bond donors (Lipinski definition) is 2. The quantitative estimate of drug-likeness (QED) is 0.755. The Morgan fingerprint density at radius 2 is 1.40 bits per heavy atom. The number of Topliss-reactive ketones (excluding diaryl/α,β-unsaturated/α-hetero) is 1. The lowest BCUT2D eigenvalue weighted by molar-refractivity contribution is -0.113. The van der Waals surface area contributed by atoms with Gasteiger partial charge in [-0.25, -0.2) is 4.79 Å². The second kappa shape index (κ2) is 9.31. The number of amides is 2. The van der Waals surface area contributed by atoms with Crippen molar-refractivity contribution in [1.82, 2.24) is 9.80 Å². The monoisotopic (exact) mass is 406 g/mol. The molecule has 0 bridgehead atoms. The first-order chi connectivity index (χ1) is 14.4. The van der Waals surface area contributed by atoms with Crippen molar-refractivity contribution < 1.29 is 19.8 Å². The van der Waals surface area contributed by atoms with Crippen LogP contribution in [0, 0.1) is 0 Å². The van der Waals surface area contributed by atoms with Crippen LogP contribution >= 0.6 is 0 Å². The Labute approximate surface area is 176 Å². The van der Waals surface area contributed by atoms with E-state index in [1.54, 1.807) is 70.5 Å². The largest absolute Gasteiger partial charge is 0.508 e. The van der Waals surface area contributed by atoms with Gasteiger partial charge in [0.05, 0.1) is 13.1 Å². The molecule has 0 spiro atoms. The van der Waals surface area contributed by atoms with Crippen molar-refractivity contribution in [1.29, 1.82) is 0 Å². The average Bonchev–Trinajstić information content (AvgIpc) is 2.71. The van der Waals surface area contributed by atoms with Gasteiger partial charge in [0, 0.05) is 24.2 Å². The third kappa shape index (κ3) is 4.89. The zero-order chi connectivity index (χ0) is 21.7. The van der Waals surface area contributed by atoms with E-state index in [4.69, 9.17) is 0 Å². The number of hydrogen-bond acceptors (Lipinski definition) is 4. The third-order valence-corrected chi connectivity index (χ3v) is 5.03. The molecule has 6 heteroatoms. The predicted molar refractivity (Wildman–Crippen MR) is 117 cm³/mol. The van der Waals surface area contributed by atoms with Gasteiger partial charge >= 0.3 is 6.03 Å². The number of likely N-dealkylation sites (tertiary alicyclic amines) is 1. The van der Waals surface area contributed by atoms with E-state index in [9.17, 15) is 19.8 Å². The number of phenols is 2. The SMILES string of the molecule is CCN(CC)C(=O)N1CC(=Cc2cccc(O)c2)C(=O)C(=Cc2cccc(O)c2)C1. The summed E-state index contributed by atoms with van der Waals surface area (Å²) in [5.74, 6) is 0.0729. The fourth-order valence-electron chi connectivity index (χ4n) is 3.50. The lowest BCUT2D eigenvalue weighted by Gasteiger charge is -2.34.